The first-order valence-corrected chi connectivity index (χ1v) is 7.46. The van der Waals surface area contributed by atoms with Crippen molar-refractivity contribution < 1.29 is 18.7 Å². The molecule has 1 aliphatic heterocycles. The van der Waals surface area contributed by atoms with Gasteiger partial charge in [-0.25, -0.2) is 13.6 Å². The van der Waals surface area contributed by atoms with E-state index in [9.17, 15) is 13.6 Å². The fourth-order valence-electron chi connectivity index (χ4n) is 2.53. The average Bonchev–Trinajstić information content (AvgIpc) is 2.52. The lowest BCUT2D eigenvalue weighted by molar-refractivity contribution is -0.132. The molecule has 0 radical (unpaired) electrons. The quantitative estimate of drug-likeness (QED) is 0.482. The second kappa shape index (κ2) is 6.96. The fraction of sp³-hybridized carbons (Fsp3) is 0.267. The van der Waals surface area contributed by atoms with Gasteiger partial charge in [0.2, 0.25) is 0 Å². The van der Waals surface area contributed by atoms with Crippen molar-refractivity contribution in [2.75, 3.05) is 13.1 Å². The summed E-state index contributed by atoms with van der Waals surface area (Å²) in [6.45, 7) is 2.43. The molecular weight excluding hydrogens is 342 g/mol. The second-order valence-electron chi connectivity index (χ2n) is 5.26. The maximum atomic E-state index is 14.2. The number of halogens is 3. The van der Waals surface area contributed by atoms with Crippen molar-refractivity contribution in [3.8, 4) is 0 Å². The van der Waals surface area contributed by atoms with Crippen LogP contribution in [-0.4, -0.2) is 29.1 Å². The minimum absolute atomic E-state index is 0.0360. The Kier molecular flexibility index (Phi) is 5.18. The molecule has 0 saturated heterocycles. The van der Waals surface area contributed by atoms with Gasteiger partial charge in [0.05, 0.1) is 16.8 Å². The van der Waals surface area contributed by atoms with Crippen LogP contribution in [0, 0.1) is 11.6 Å². The zero-order chi connectivity index (χ0) is 18.0. The lowest BCUT2D eigenvalue weighted by atomic mass is 10.0. The van der Waals surface area contributed by atoms with E-state index in [1.165, 1.54) is 6.08 Å². The summed E-state index contributed by atoms with van der Waals surface area (Å²) in [6, 6.07) is 1.24. The molecule has 6 N–H and O–H groups in total. The molecule has 0 aliphatic carbocycles. The molecule has 0 saturated carbocycles. The number of hydrogen-bond acceptors (Lipinski definition) is 5. The average molecular weight is 359 g/mol. The van der Waals surface area contributed by atoms with E-state index in [1.54, 1.807) is 11.8 Å². The van der Waals surface area contributed by atoms with Crippen molar-refractivity contribution in [3.05, 3.63) is 57.6 Å². The molecular formula is C15H17ClF2N4O2. The maximum Gasteiger partial charge on any atom is 0.351 e. The summed E-state index contributed by atoms with van der Waals surface area (Å²) in [7, 11) is 0. The molecule has 2 rings (SSSR count). The van der Waals surface area contributed by atoms with Crippen molar-refractivity contribution in [2.45, 2.75) is 13.0 Å². The number of nitrogens with one attached hydrogen (secondary N) is 1. The first-order chi connectivity index (χ1) is 11.2. The molecule has 1 aromatic carbocycles. The van der Waals surface area contributed by atoms with E-state index in [1.807, 2.05) is 0 Å². The number of carboxylic acids is 1. The zero-order valence-corrected chi connectivity index (χ0v) is 13.6. The van der Waals surface area contributed by atoms with Crippen LogP contribution in [0.5, 0.6) is 0 Å². The predicted octanol–water partition coefficient (Wildman–Crippen LogP) is 1.64. The topological polar surface area (TPSA) is 105 Å². The van der Waals surface area contributed by atoms with Gasteiger partial charge in [-0.3, -0.25) is 0 Å². The first kappa shape index (κ1) is 17.9. The van der Waals surface area contributed by atoms with Crippen LogP contribution < -0.4 is 16.8 Å². The highest BCUT2D eigenvalue weighted by atomic mass is 35.5. The molecule has 0 aromatic heterocycles. The van der Waals surface area contributed by atoms with E-state index in [0.717, 1.165) is 12.1 Å². The lowest BCUT2D eigenvalue weighted by Crippen LogP contribution is -2.43. The molecule has 0 fully saturated rings. The minimum Gasteiger partial charge on any atom is -0.477 e. The van der Waals surface area contributed by atoms with Crippen LogP contribution in [0.1, 0.15) is 18.5 Å². The van der Waals surface area contributed by atoms with Crippen LogP contribution in [0.25, 0.3) is 0 Å². The molecule has 6 nitrogen and oxygen atoms in total. The van der Waals surface area contributed by atoms with E-state index in [2.05, 4.69) is 5.32 Å². The largest absolute Gasteiger partial charge is 0.477 e. The van der Waals surface area contributed by atoms with Crippen molar-refractivity contribution in [3.63, 3.8) is 0 Å². The number of carboxylic acid groups (broad SMARTS) is 1. The SMILES string of the molecule is CC(c1c(F)ccc(F)c1Cl)N1CCNC(N)=C1/C=C(\N)C(=O)O. The van der Waals surface area contributed by atoms with Gasteiger partial charge in [-0.1, -0.05) is 11.6 Å². The Bertz CT molecular complexity index is 736. The van der Waals surface area contributed by atoms with Crippen LogP contribution in [0.3, 0.4) is 0 Å². The highest BCUT2D eigenvalue weighted by molar-refractivity contribution is 6.31. The summed E-state index contributed by atoms with van der Waals surface area (Å²) >= 11 is 5.91. The molecule has 0 bridgehead atoms. The Hall–Kier alpha value is -2.48. The number of nitrogens with two attached hydrogens (primary N) is 2. The third kappa shape index (κ3) is 3.38. The standard InChI is InChI=1S/C15H17ClF2N4O2/c1-7(12-8(17)2-3-9(18)13(12)16)22-5-4-21-14(20)11(22)6-10(19)15(23)24/h2-3,6-7,21H,4-5,19-20H2,1H3,(H,23,24)/b10-6-. The molecule has 1 atom stereocenters. The predicted molar refractivity (Wildman–Crippen MR) is 85.6 cm³/mol. The van der Waals surface area contributed by atoms with Crippen LogP contribution >= 0.6 is 11.6 Å². The van der Waals surface area contributed by atoms with Crippen LogP contribution in [0.2, 0.25) is 5.02 Å². The number of rotatable bonds is 4. The summed E-state index contributed by atoms with van der Waals surface area (Å²) < 4.78 is 27.9. The van der Waals surface area contributed by atoms with E-state index >= 15 is 0 Å². The molecule has 0 amide bonds. The van der Waals surface area contributed by atoms with E-state index < -0.39 is 29.3 Å². The molecule has 9 heteroatoms. The third-order valence-corrected chi connectivity index (χ3v) is 4.14. The first-order valence-electron chi connectivity index (χ1n) is 7.08. The smallest absolute Gasteiger partial charge is 0.351 e. The summed E-state index contributed by atoms with van der Waals surface area (Å²) in [5.41, 5.74) is 11.1. The van der Waals surface area contributed by atoms with Gasteiger partial charge in [-0.2, -0.15) is 0 Å². The van der Waals surface area contributed by atoms with Gasteiger partial charge >= 0.3 is 5.97 Å². The van der Waals surface area contributed by atoms with E-state index in [0.29, 0.717) is 13.1 Å². The van der Waals surface area contributed by atoms with Gasteiger partial charge < -0.3 is 26.8 Å². The number of allylic oxidation sites excluding steroid dienone is 1. The number of carbonyl (C=O) groups is 1. The molecule has 1 aliphatic rings. The fourth-order valence-corrected chi connectivity index (χ4v) is 2.84. The Morgan fingerprint density at radius 2 is 2.08 bits per heavy atom. The van der Waals surface area contributed by atoms with Crippen molar-refractivity contribution >= 4 is 17.6 Å². The van der Waals surface area contributed by atoms with Gasteiger partial charge in [-0.05, 0) is 25.1 Å². The highest BCUT2D eigenvalue weighted by Gasteiger charge is 2.28. The Labute approximate surface area is 142 Å². The second-order valence-corrected chi connectivity index (χ2v) is 5.63. The summed E-state index contributed by atoms with van der Waals surface area (Å²) in [4.78, 5) is 12.6. The molecule has 0 spiro atoms. The summed E-state index contributed by atoms with van der Waals surface area (Å²) in [5, 5.41) is 11.5. The maximum absolute atomic E-state index is 14.2. The number of hydrogen-bond donors (Lipinski definition) is 4. The van der Waals surface area contributed by atoms with Gasteiger partial charge in [0.25, 0.3) is 0 Å². The Morgan fingerprint density at radius 3 is 2.71 bits per heavy atom. The van der Waals surface area contributed by atoms with Crippen LogP contribution in [0.4, 0.5) is 8.78 Å². The number of aliphatic carboxylic acids is 1. The molecule has 24 heavy (non-hydrogen) atoms. The molecule has 130 valence electrons. The molecule has 1 aromatic rings. The third-order valence-electron chi connectivity index (χ3n) is 3.76. The summed E-state index contributed by atoms with van der Waals surface area (Å²) in [6.07, 6.45) is 1.17. The van der Waals surface area contributed by atoms with Gasteiger partial charge in [-0.15, -0.1) is 0 Å². The Morgan fingerprint density at radius 1 is 1.46 bits per heavy atom. The zero-order valence-electron chi connectivity index (χ0n) is 12.8. The van der Waals surface area contributed by atoms with Crippen LogP contribution in [-0.2, 0) is 4.79 Å². The lowest BCUT2D eigenvalue weighted by Gasteiger charge is -2.37. The minimum atomic E-state index is -1.32. The van der Waals surface area contributed by atoms with Crippen LogP contribution in [0.15, 0.2) is 35.4 Å². The monoisotopic (exact) mass is 358 g/mol. The van der Waals surface area contributed by atoms with Gasteiger partial charge in [0.1, 0.15) is 23.2 Å². The number of benzene rings is 1. The normalized spacial score (nSPS) is 16.8. The van der Waals surface area contributed by atoms with E-state index in [4.69, 9.17) is 28.2 Å². The Balaban J connectivity index is 2.50. The van der Waals surface area contributed by atoms with Crippen molar-refractivity contribution in [2.24, 2.45) is 11.5 Å². The van der Waals surface area contributed by atoms with Crippen molar-refractivity contribution in [1.82, 2.24) is 10.2 Å². The van der Waals surface area contributed by atoms with Gasteiger partial charge in [0, 0.05) is 18.7 Å². The van der Waals surface area contributed by atoms with E-state index in [-0.39, 0.29) is 22.1 Å². The highest BCUT2D eigenvalue weighted by Crippen LogP contribution is 2.34. The molecule has 1 heterocycles. The number of nitrogens with zero attached hydrogens (tertiary/aromatic N) is 1. The van der Waals surface area contributed by atoms with Crippen molar-refractivity contribution in [1.29, 1.82) is 0 Å². The van der Waals surface area contributed by atoms with Gasteiger partial charge in [0.15, 0.2) is 0 Å². The summed E-state index contributed by atoms with van der Waals surface area (Å²) in [5.74, 6) is -2.54. The molecule has 1 unspecified atom stereocenters.